The average molecular weight is 528 g/mol. The molecule has 6 rings (SSSR count). The van der Waals surface area contributed by atoms with E-state index >= 15 is 0 Å². The van der Waals surface area contributed by atoms with Gasteiger partial charge in [0.2, 0.25) is 0 Å². The molecule has 2 aromatic carbocycles. The molecular weight excluding hydrogens is 512 g/mol. The van der Waals surface area contributed by atoms with Gasteiger partial charge in [0, 0.05) is 11.6 Å². The number of rotatable bonds is 2. The third-order valence-electron chi connectivity index (χ3n) is 4.56. The molecule has 4 aliphatic rings. The molecule has 2 saturated carbocycles. The van der Waals surface area contributed by atoms with Crippen LogP contribution in [0.4, 0.5) is 0 Å². The minimum absolute atomic E-state index is 0.276. The van der Waals surface area contributed by atoms with Gasteiger partial charge in [0.15, 0.2) is 0 Å². The zero-order valence-corrected chi connectivity index (χ0v) is 20.3. The topological polar surface area (TPSA) is 36.9 Å². The molecular formula is C22H16B2Cl2O4Zr+2. The molecule has 9 heteroatoms. The normalized spacial score (nSPS) is 18.8. The predicted molar refractivity (Wildman–Crippen MR) is 119 cm³/mol. The number of benzene rings is 2. The summed E-state index contributed by atoms with van der Waals surface area (Å²) >= 11 is -0.826. The van der Waals surface area contributed by atoms with Gasteiger partial charge < -0.3 is 18.6 Å². The Balaban J connectivity index is 0.000000133. The van der Waals surface area contributed by atoms with E-state index in [2.05, 4.69) is 0 Å². The van der Waals surface area contributed by atoms with E-state index in [9.17, 15) is 0 Å². The summed E-state index contributed by atoms with van der Waals surface area (Å²) in [6, 6.07) is 15.4. The molecule has 31 heavy (non-hydrogen) atoms. The summed E-state index contributed by atoms with van der Waals surface area (Å²) in [6.45, 7) is 0. The van der Waals surface area contributed by atoms with E-state index in [1.54, 1.807) is 0 Å². The first-order valence-electron chi connectivity index (χ1n) is 9.52. The van der Waals surface area contributed by atoms with Gasteiger partial charge >= 0.3 is 52.1 Å². The summed E-state index contributed by atoms with van der Waals surface area (Å²) in [5.74, 6) is 5.39. The van der Waals surface area contributed by atoms with Gasteiger partial charge in [-0.05, 0) is 75.6 Å². The second-order valence-corrected chi connectivity index (χ2v) is 10.3. The molecule has 0 spiro atoms. The van der Waals surface area contributed by atoms with Gasteiger partial charge in [-0.2, -0.15) is 0 Å². The van der Waals surface area contributed by atoms with Crippen LogP contribution < -0.4 is 18.6 Å². The van der Waals surface area contributed by atoms with Crippen molar-refractivity contribution in [2.75, 3.05) is 0 Å². The minimum atomic E-state index is -0.826. The van der Waals surface area contributed by atoms with Crippen LogP contribution in [0.5, 0.6) is 23.0 Å². The van der Waals surface area contributed by atoms with Crippen LogP contribution in [0.1, 0.15) is 0 Å². The Morgan fingerprint density at radius 1 is 0.516 bits per heavy atom. The Hall–Kier alpha value is -0.767. The van der Waals surface area contributed by atoms with Gasteiger partial charge in [-0.25, -0.2) is 0 Å². The quantitative estimate of drug-likeness (QED) is 0.506. The monoisotopic (exact) mass is 526 g/mol. The predicted octanol–water partition coefficient (Wildman–Crippen LogP) is 5.16. The summed E-state index contributed by atoms with van der Waals surface area (Å²) in [4.78, 5) is 0. The van der Waals surface area contributed by atoms with Crippen molar-refractivity contribution in [1.82, 2.24) is 0 Å². The van der Waals surface area contributed by atoms with Crippen LogP contribution in [0, 0.1) is 63.0 Å². The standard InChI is InChI=1S/2C11H8BO2.2ClH.Zr/c2*1-2-6-9(5-1)12-13-10-7-3-4-8-11(10)14-12;;;/h2*1-8H;2*1H;/q;;;;+4/p-2. The van der Waals surface area contributed by atoms with Crippen molar-refractivity contribution in [3.05, 3.63) is 112 Å². The molecule has 150 valence electrons. The van der Waals surface area contributed by atoms with Gasteiger partial charge in [0.05, 0.1) is 0 Å². The van der Waals surface area contributed by atoms with Crippen molar-refractivity contribution in [1.29, 1.82) is 0 Å². The van der Waals surface area contributed by atoms with Crippen molar-refractivity contribution in [2.45, 2.75) is 0 Å². The number of halogens is 2. The molecule has 0 saturated heterocycles. The fourth-order valence-electron chi connectivity index (χ4n) is 3.16. The Kier molecular flexibility index (Phi) is 8.99. The van der Waals surface area contributed by atoms with Gasteiger partial charge in [-0.15, -0.1) is 0 Å². The molecule has 2 fully saturated rings. The third-order valence-corrected chi connectivity index (χ3v) is 4.56. The second kappa shape index (κ2) is 11.9. The van der Waals surface area contributed by atoms with Gasteiger partial charge in [-0.3, -0.25) is 0 Å². The first-order valence-corrected chi connectivity index (χ1v) is 15.9. The summed E-state index contributed by atoms with van der Waals surface area (Å²) in [6.07, 6.45) is 15.9. The maximum absolute atomic E-state index is 5.63. The molecule has 0 aromatic heterocycles. The van der Waals surface area contributed by atoms with Crippen molar-refractivity contribution >= 4 is 31.3 Å². The molecule has 0 atom stereocenters. The number of para-hydroxylation sites is 4. The van der Waals surface area contributed by atoms with Crippen molar-refractivity contribution < 1.29 is 39.5 Å². The molecule has 2 aromatic rings. The summed E-state index contributed by atoms with van der Waals surface area (Å²) < 4.78 is 22.5. The van der Waals surface area contributed by atoms with Crippen molar-refractivity contribution in [3.8, 4) is 23.0 Å². The van der Waals surface area contributed by atoms with Crippen LogP contribution in [-0.4, -0.2) is 14.2 Å². The zero-order chi connectivity index (χ0) is 21.5. The third kappa shape index (κ3) is 6.18. The van der Waals surface area contributed by atoms with Crippen LogP contribution in [0.2, 0.25) is 0 Å². The molecule has 2 aliphatic carbocycles. The Labute approximate surface area is 204 Å². The molecule has 0 unspecified atom stereocenters. The Morgan fingerprint density at radius 2 is 0.774 bits per heavy atom. The molecule has 10 radical (unpaired) electrons. The molecule has 4 nitrogen and oxygen atoms in total. The fraction of sp³-hybridized carbons (Fsp3) is 0. The first-order chi connectivity index (χ1) is 15.3. The van der Waals surface area contributed by atoms with E-state index in [4.69, 9.17) is 35.6 Å². The Morgan fingerprint density at radius 3 is 1.03 bits per heavy atom. The molecule has 2 heterocycles. The van der Waals surface area contributed by atoms with E-state index < -0.39 is 20.8 Å². The van der Waals surface area contributed by atoms with Crippen molar-refractivity contribution in [2.24, 2.45) is 0 Å². The summed E-state index contributed by atoms with van der Waals surface area (Å²) in [7, 11) is 9.32. The second-order valence-electron chi connectivity index (χ2n) is 6.54. The maximum atomic E-state index is 5.63. The van der Waals surface area contributed by atoms with Gasteiger partial charge in [0.1, 0.15) is 23.0 Å². The van der Waals surface area contributed by atoms with E-state index in [0.717, 1.165) is 34.6 Å². The molecule has 0 bridgehead atoms. The van der Waals surface area contributed by atoms with Crippen LogP contribution in [0.3, 0.4) is 0 Å². The van der Waals surface area contributed by atoms with E-state index in [-0.39, 0.29) is 14.2 Å². The molecule has 0 N–H and O–H groups in total. The molecule has 0 amide bonds. The first kappa shape index (κ1) is 23.4. The summed E-state index contributed by atoms with van der Waals surface area (Å²) in [5, 5.41) is 0. The van der Waals surface area contributed by atoms with Crippen LogP contribution in [0.25, 0.3) is 0 Å². The fourth-order valence-corrected chi connectivity index (χ4v) is 3.16. The van der Waals surface area contributed by atoms with Crippen molar-refractivity contribution in [3.63, 3.8) is 0 Å². The number of hydrogen-bond donors (Lipinski definition) is 0. The van der Waals surface area contributed by atoms with E-state index in [1.807, 2.05) is 99.9 Å². The van der Waals surface area contributed by atoms with Gasteiger partial charge in [-0.1, -0.05) is 24.3 Å². The SMILES string of the molecule is [CH]1[CH][CH][C](B2Oc3ccccc3O2)[CH]1.[CH]1[CH][CH][C](B2Oc3ccccc3O2)[CH]1.[Cl][Zr+2][Cl]. The van der Waals surface area contributed by atoms with Crippen LogP contribution in [-0.2, 0) is 20.8 Å². The number of fused-ring (bicyclic) bond motifs is 2. The van der Waals surface area contributed by atoms with Crippen LogP contribution in [0.15, 0.2) is 48.5 Å². The average Bonchev–Trinajstić information content (AvgIpc) is 3.60. The summed E-state index contributed by atoms with van der Waals surface area (Å²) in [5.41, 5.74) is 0. The zero-order valence-electron chi connectivity index (χ0n) is 16.3. The van der Waals surface area contributed by atoms with E-state index in [1.165, 1.54) is 0 Å². The molecule has 2 aliphatic heterocycles. The Bertz CT molecular complexity index is 717. The van der Waals surface area contributed by atoms with Crippen LogP contribution >= 0.6 is 17.0 Å². The van der Waals surface area contributed by atoms with E-state index in [0.29, 0.717) is 0 Å². The van der Waals surface area contributed by atoms with Gasteiger partial charge in [0.25, 0.3) is 0 Å². The number of hydrogen-bond acceptors (Lipinski definition) is 4.